The molecule has 0 aliphatic carbocycles. The summed E-state index contributed by atoms with van der Waals surface area (Å²) in [6.45, 7) is 1.81. The summed E-state index contributed by atoms with van der Waals surface area (Å²) < 4.78 is 4.64. The van der Waals surface area contributed by atoms with Crippen molar-refractivity contribution in [2.24, 2.45) is 0 Å². The topological polar surface area (TPSA) is 52.6 Å². The Bertz CT molecular complexity index is 459. The number of ketones is 1. The zero-order valence-electron chi connectivity index (χ0n) is 11.4. The van der Waals surface area contributed by atoms with E-state index >= 15 is 0 Å². The first-order valence-electron chi connectivity index (χ1n) is 5.94. The van der Waals surface area contributed by atoms with E-state index in [9.17, 15) is 9.90 Å². The van der Waals surface area contributed by atoms with E-state index < -0.39 is 5.95 Å². The molecule has 1 fully saturated rings. The second-order valence-electron chi connectivity index (χ2n) is 4.34. The summed E-state index contributed by atoms with van der Waals surface area (Å²) in [6, 6.07) is 10.0. The molecule has 1 aliphatic rings. The third kappa shape index (κ3) is 4.35. The molecular formula is C14H16NNaO3. The van der Waals surface area contributed by atoms with E-state index in [-0.39, 0.29) is 40.9 Å². The number of likely N-dealkylation sites (tertiary alicyclic amines) is 1. The number of ether oxygens (including phenoxy) is 1. The second kappa shape index (κ2) is 7.70. The Balaban J connectivity index is 0.00000180. The molecule has 5 heteroatoms. The monoisotopic (exact) mass is 269 g/mol. The first-order chi connectivity index (χ1) is 8.70. The Labute approximate surface area is 135 Å². The molecule has 1 heterocycles. The molecule has 4 nitrogen and oxygen atoms in total. The Hall–Kier alpha value is -0.810. The van der Waals surface area contributed by atoms with Crippen LogP contribution in [0.5, 0.6) is 0 Å². The van der Waals surface area contributed by atoms with Gasteiger partial charge in [0.25, 0.3) is 0 Å². The summed E-state index contributed by atoms with van der Waals surface area (Å²) in [6.07, 6.45) is 0.386. The summed E-state index contributed by atoms with van der Waals surface area (Å²) >= 11 is 0. The molecule has 1 aromatic rings. The molecule has 2 rings (SSSR count). The van der Waals surface area contributed by atoms with E-state index in [0.29, 0.717) is 19.5 Å². The normalized spacial score (nSPS) is 18.7. The van der Waals surface area contributed by atoms with Crippen LogP contribution in [0.4, 0.5) is 0 Å². The van der Waals surface area contributed by atoms with E-state index in [4.69, 9.17) is 0 Å². The first kappa shape index (κ1) is 16.2. The molecule has 0 amide bonds. The number of carbonyl (C=O) groups is 1. The smallest absolute Gasteiger partial charge is 0.616 e. The fourth-order valence-electron chi connectivity index (χ4n) is 2.08. The van der Waals surface area contributed by atoms with Crippen molar-refractivity contribution in [3.05, 3.63) is 47.4 Å². The van der Waals surface area contributed by atoms with E-state index in [2.05, 4.69) is 9.64 Å². The van der Waals surface area contributed by atoms with E-state index in [1.807, 2.05) is 30.3 Å². The Morgan fingerprint density at radius 3 is 2.68 bits per heavy atom. The molecule has 0 radical (unpaired) electrons. The van der Waals surface area contributed by atoms with Crippen molar-refractivity contribution in [3.63, 3.8) is 0 Å². The number of rotatable bonds is 3. The van der Waals surface area contributed by atoms with Gasteiger partial charge in [0, 0.05) is 31.6 Å². The van der Waals surface area contributed by atoms with Crippen LogP contribution in [0.25, 0.3) is 0 Å². The van der Waals surface area contributed by atoms with Crippen LogP contribution in [0.2, 0.25) is 0 Å². The van der Waals surface area contributed by atoms with Crippen molar-refractivity contribution in [3.8, 4) is 0 Å². The van der Waals surface area contributed by atoms with Crippen molar-refractivity contribution in [1.82, 2.24) is 4.90 Å². The van der Waals surface area contributed by atoms with E-state index in [1.165, 1.54) is 12.7 Å². The summed E-state index contributed by atoms with van der Waals surface area (Å²) in [5, 5.41) is 11.5. The quantitative estimate of drug-likeness (QED) is 0.351. The van der Waals surface area contributed by atoms with Gasteiger partial charge in [-0.05, 0) is 12.7 Å². The van der Waals surface area contributed by atoms with Gasteiger partial charge in [-0.15, -0.1) is 0 Å². The average molecular weight is 269 g/mol. The van der Waals surface area contributed by atoms with Gasteiger partial charge in [-0.2, -0.15) is 0 Å². The van der Waals surface area contributed by atoms with Gasteiger partial charge in [0.1, 0.15) is 0 Å². The van der Waals surface area contributed by atoms with Gasteiger partial charge in [-0.25, -0.2) is 0 Å². The van der Waals surface area contributed by atoms with E-state index in [1.54, 1.807) is 0 Å². The standard InChI is InChI=1S/C14H17NO3.Na/c1-18-14(17)12-10-15(8-7-13(12)16)9-11-5-3-2-4-6-11;/h2-6,17H,7-10H2,1H3;/q;+1/p-1/b14-12+;. The van der Waals surface area contributed by atoms with Gasteiger partial charge in [0.2, 0.25) is 0 Å². The zero-order chi connectivity index (χ0) is 13.0. The molecule has 0 saturated carbocycles. The van der Waals surface area contributed by atoms with Crippen LogP contribution >= 0.6 is 0 Å². The largest absolute Gasteiger partial charge is 1.00 e. The number of hydrogen-bond donors (Lipinski definition) is 0. The molecule has 0 spiro atoms. The Morgan fingerprint density at radius 2 is 2.05 bits per heavy atom. The number of hydrogen-bond acceptors (Lipinski definition) is 4. The number of nitrogens with zero attached hydrogens (tertiary/aromatic N) is 1. The average Bonchev–Trinajstić information content (AvgIpc) is 2.41. The zero-order valence-corrected chi connectivity index (χ0v) is 13.4. The number of Topliss-reactive ketones (excluding diaryl/α,β-unsaturated/α-hetero) is 1. The van der Waals surface area contributed by atoms with Gasteiger partial charge in [0.15, 0.2) is 5.78 Å². The molecule has 0 aromatic heterocycles. The maximum absolute atomic E-state index is 11.6. The number of carbonyl (C=O) groups excluding carboxylic acids is 1. The third-order valence-electron chi connectivity index (χ3n) is 3.05. The minimum Gasteiger partial charge on any atom is -0.616 e. The van der Waals surface area contributed by atoms with Gasteiger partial charge in [0.05, 0.1) is 5.95 Å². The molecule has 0 atom stereocenters. The summed E-state index contributed by atoms with van der Waals surface area (Å²) in [4.78, 5) is 13.7. The second-order valence-corrected chi connectivity index (χ2v) is 4.34. The van der Waals surface area contributed by atoms with Gasteiger partial charge < -0.3 is 9.84 Å². The minimum atomic E-state index is -0.502. The van der Waals surface area contributed by atoms with Crippen LogP contribution in [0.15, 0.2) is 41.9 Å². The number of benzene rings is 1. The van der Waals surface area contributed by atoms with Crippen LogP contribution in [-0.4, -0.2) is 30.9 Å². The number of piperidine rings is 1. The maximum Gasteiger partial charge on any atom is 1.00 e. The SMILES string of the molecule is CO/C([O-])=C1\CN(Cc2ccccc2)CCC1=O.[Na+]. The van der Waals surface area contributed by atoms with Crippen molar-refractivity contribution in [1.29, 1.82) is 0 Å². The Kier molecular flexibility index (Phi) is 6.58. The molecule has 0 unspecified atom stereocenters. The summed E-state index contributed by atoms with van der Waals surface area (Å²) in [5.41, 5.74) is 1.44. The predicted octanol–water partition coefficient (Wildman–Crippen LogP) is -2.32. The first-order valence-corrected chi connectivity index (χ1v) is 5.94. The number of methoxy groups -OCH3 is 1. The van der Waals surface area contributed by atoms with E-state index in [0.717, 1.165) is 6.54 Å². The van der Waals surface area contributed by atoms with Crippen molar-refractivity contribution < 1.29 is 44.2 Å². The maximum atomic E-state index is 11.6. The van der Waals surface area contributed by atoms with Crippen LogP contribution in [0.3, 0.4) is 0 Å². The Morgan fingerprint density at radius 1 is 1.37 bits per heavy atom. The minimum absolute atomic E-state index is 0. The molecule has 19 heavy (non-hydrogen) atoms. The molecule has 1 saturated heterocycles. The molecule has 0 bridgehead atoms. The van der Waals surface area contributed by atoms with Crippen molar-refractivity contribution >= 4 is 5.78 Å². The molecule has 96 valence electrons. The fraction of sp³-hybridized carbons (Fsp3) is 0.357. The summed E-state index contributed by atoms with van der Waals surface area (Å²) in [7, 11) is 1.30. The predicted molar refractivity (Wildman–Crippen MR) is 65.4 cm³/mol. The van der Waals surface area contributed by atoms with Crippen LogP contribution in [-0.2, 0) is 16.1 Å². The van der Waals surface area contributed by atoms with Crippen LogP contribution in [0.1, 0.15) is 12.0 Å². The van der Waals surface area contributed by atoms with Crippen LogP contribution < -0.4 is 34.7 Å². The van der Waals surface area contributed by atoms with Crippen molar-refractivity contribution in [2.75, 3.05) is 20.2 Å². The van der Waals surface area contributed by atoms with Crippen LogP contribution in [0, 0.1) is 0 Å². The van der Waals surface area contributed by atoms with Gasteiger partial charge in [-0.3, -0.25) is 9.69 Å². The van der Waals surface area contributed by atoms with Crippen molar-refractivity contribution in [2.45, 2.75) is 13.0 Å². The van der Waals surface area contributed by atoms with Gasteiger partial charge in [-0.1, -0.05) is 30.3 Å². The molecule has 1 aliphatic heterocycles. The summed E-state index contributed by atoms with van der Waals surface area (Å²) in [5.74, 6) is -0.594. The molecule has 1 aromatic carbocycles. The fourth-order valence-corrected chi connectivity index (χ4v) is 2.08. The molecular weight excluding hydrogens is 253 g/mol. The van der Waals surface area contributed by atoms with Gasteiger partial charge >= 0.3 is 29.6 Å². The molecule has 0 N–H and O–H groups in total. The third-order valence-corrected chi connectivity index (χ3v) is 3.05.